The summed E-state index contributed by atoms with van der Waals surface area (Å²) in [5.74, 6) is -0.115. The van der Waals surface area contributed by atoms with E-state index in [9.17, 15) is 4.39 Å². The lowest BCUT2D eigenvalue weighted by Crippen LogP contribution is -2.01. The minimum Gasteiger partial charge on any atom is -0.487 e. The van der Waals surface area contributed by atoms with E-state index in [1.54, 1.807) is 36.4 Å². The van der Waals surface area contributed by atoms with Gasteiger partial charge in [0, 0.05) is 12.1 Å². The maximum Gasteiger partial charge on any atom is 0.147 e. The molecule has 0 fully saturated rings. The van der Waals surface area contributed by atoms with E-state index in [0.29, 0.717) is 22.9 Å². The van der Waals surface area contributed by atoms with Crippen molar-refractivity contribution in [2.24, 2.45) is 5.73 Å². The van der Waals surface area contributed by atoms with Crippen molar-refractivity contribution in [2.75, 3.05) is 0 Å². The Kier molecular flexibility index (Phi) is 4.57. The Morgan fingerprint density at radius 1 is 1.30 bits per heavy atom. The maximum absolute atomic E-state index is 13.8. The molecule has 0 aliphatic heterocycles. The Bertz CT molecular complexity index is 667. The summed E-state index contributed by atoms with van der Waals surface area (Å²) in [5.41, 5.74) is 6.70. The third-order valence-corrected chi connectivity index (χ3v) is 3.11. The first-order valence-electron chi connectivity index (χ1n) is 5.94. The van der Waals surface area contributed by atoms with Crippen molar-refractivity contribution in [1.82, 2.24) is 0 Å². The second-order valence-corrected chi connectivity index (χ2v) is 4.56. The number of ether oxygens (including phenoxy) is 1. The van der Waals surface area contributed by atoms with Crippen LogP contribution in [0, 0.1) is 17.1 Å². The van der Waals surface area contributed by atoms with Crippen LogP contribution >= 0.6 is 11.6 Å². The van der Waals surface area contributed by atoms with Crippen molar-refractivity contribution in [1.29, 1.82) is 5.26 Å². The summed E-state index contributed by atoms with van der Waals surface area (Å²) in [7, 11) is 0. The van der Waals surface area contributed by atoms with E-state index in [-0.39, 0.29) is 12.2 Å². The zero-order chi connectivity index (χ0) is 14.5. The standard InChI is InChI=1S/C15H12ClFN2O/c16-13-6-10(7-18)4-5-14(13)20-9-12-3-1-2-11(8-19)15(12)17/h1-6H,7,9,18H2. The van der Waals surface area contributed by atoms with Crippen LogP contribution in [0.25, 0.3) is 0 Å². The average Bonchev–Trinajstić information content (AvgIpc) is 2.47. The van der Waals surface area contributed by atoms with Crippen molar-refractivity contribution >= 4 is 11.6 Å². The van der Waals surface area contributed by atoms with Crippen molar-refractivity contribution in [3.8, 4) is 11.8 Å². The van der Waals surface area contributed by atoms with E-state index in [0.717, 1.165) is 5.56 Å². The zero-order valence-corrected chi connectivity index (χ0v) is 11.3. The van der Waals surface area contributed by atoms with Crippen molar-refractivity contribution < 1.29 is 9.13 Å². The minimum atomic E-state index is -0.565. The molecule has 0 radical (unpaired) electrons. The Labute approximate surface area is 121 Å². The second kappa shape index (κ2) is 6.38. The number of hydrogen-bond acceptors (Lipinski definition) is 3. The average molecular weight is 291 g/mol. The van der Waals surface area contributed by atoms with Gasteiger partial charge in [-0.15, -0.1) is 0 Å². The Hall–Kier alpha value is -2.09. The molecule has 2 N–H and O–H groups in total. The fraction of sp³-hybridized carbons (Fsp3) is 0.133. The Morgan fingerprint density at radius 2 is 2.10 bits per heavy atom. The predicted octanol–water partition coefficient (Wildman–Crippen LogP) is 3.39. The summed E-state index contributed by atoms with van der Waals surface area (Å²) in [6.45, 7) is 0.391. The molecule has 0 aliphatic carbocycles. The van der Waals surface area contributed by atoms with Gasteiger partial charge in [0.1, 0.15) is 24.2 Å². The molecule has 0 aromatic heterocycles. The molecule has 0 aliphatic rings. The summed E-state index contributed by atoms with van der Waals surface area (Å²) in [5, 5.41) is 9.19. The number of nitrogens with zero attached hydrogens (tertiary/aromatic N) is 1. The molecule has 0 unspecified atom stereocenters. The summed E-state index contributed by atoms with van der Waals surface area (Å²) in [4.78, 5) is 0. The monoisotopic (exact) mass is 290 g/mol. The van der Waals surface area contributed by atoms with Gasteiger partial charge in [-0.05, 0) is 23.8 Å². The van der Waals surface area contributed by atoms with Gasteiger partial charge in [0.05, 0.1) is 10.6 Å². The van der Waals surface area contributed by atoms with Gasteiger partial charge in [0.15, 0.2) is 0 Å². The number of hydrogen-bond donors (Lipinski definition) is 1. The van der Waals surface area contributed by atoms with Gasteiger partial charge in [-0.3, -0.25) is 0 Å². The van der Waals surface area contributed by atoms with Crippen molar-refractivity contribution in [2.45, 2.75) is 13.2 Å². The first kappa shape index (κ1) is 14.3. The lowest BCUT2D eigenvalue weighted by atomic mass is 10.1. The third-order valence-electron chi connectivity index (χ3n) is 2.81. The highest BCUT2D eigenvalue weighted by Crippen LogP contribution is 2.26. The van der Waals surface area contributed by atoms with E-state index >= 15 is 0 Å². The third kappa shape index (κ3) is 3.08. The molecule has 2 aromatic carbocycles. The molecule has 0 atom stereocenters. The summed E-state index contributed by atoms with van der Waals surface area (Å²) in [6, 6.07) is 11.6. The second-order valence-electron chi connectivity index (χ2n) is 4.15. The molecule has 20 heavy (non-hydrogen) atoms. The Balaban J connectivity index is 2.15. The van der Waals surface area contributed by atoms with E-state index in [1.165, 1.54) is 6.07 Å². The number of halogens is 2. The quantitative estimate of drug-likeness (QED) is 0.939. The molecular formula is C15H12ClFN2O. The van der Waals surface area contributed by atoms with Gasteiger partial charge in [-0.1, -0.05) is 29.8 Å². The highest BCUT2D eigenvalue weighted by Gasteiger charge is 2.09. The van der Waals surface area contributed by atoms with Crippen LogP contribution in [0.1, 0.15) is 16.7 Å². The van der Waals surface area contributed by atoms with Crippen LogP contribution in [0.3, 0.4) is 0 Å². The molecule has 0 bridgehead atoms. The van der Waals surface area contributed by atoms with Crippen LogP contribution in [0.15, 0.2) is 36.4 Å². The lowest BCUT2D eigenvalue weighted by molar-refractivity contribution is 0.300. The maximum atomic E-state index is 13.8. The summed E-state index contributed by atoms with van der Waals surface area (Å²) >= 11 is 6.05. The summed E-state index contributed by atoms with van der Waals surface area (Å²) < 4.78 is 19.3. The van der Waals surface area contributed by atoms with E-state index in [1.807, 2.05) is 0 Å². The van der Waals surface area contributed by atoms with Gasteiger partial charge >= 0.3 is 0 Å². The minimum absolute atomic E-state index is 0.00302. The fourth-order valence-corrected chi connectivity index (χ4v) is 1.98. The molecule has 0 amide bonds. The topological polar surface area (TPSA) is 59.0 Å². The highest BCUT2D eigenvalue weighted by atomic mass is 35.5. The number of nitriles is 1. The van der Waals surface area contributed by atoms with Gasteiger partial charge in [-0.2, -0.15) is 5.26 Å². The predicted molar refractivity (Wildman–Crippen MR) is 74.8 cm³/mol. The fourth-order valence-electron chi connectivity index (χ4n) is 1.72. The van der Waals surface area contributed by atoms with E-state index in [4.69, 9.17) is 27.3 Å². The molecule has 2 rings (SSSR count). The first-order valence-corrected chi connectivity index (χ1v) is 6.32. The molecule has 0 heterocycles. The summed E-state index contributed by atoms with van der Waals surface area (Å²) in [6.07, 6.45) is 0. The van der Waals surface area contributed by atoms with Gasteiger partial charge in [0.2, 0.25) is 0 Å². The van der Waals surface area contributed by atoms with E-state index in [2.05, 4.69) is 0 Å². The molecule has 5 heteroatoms. The number of rotatable bonds is 4. The van der Waals surface area contributed by atoms with E-state index < -0.39 is 5.82 Å². The molecular weight excluding hydrogens is 279 g/mol. The van der Waals surface area contributed by atoms with Crippen LogP contribution in [0.5, 0.6) is 5.75 Å². The molecule has 0 saturated carbocycles. The Morgan fingerprint density at radius 3 is 2.75 bits per heavy atom. The van der Waals surface area contributed by atoms with Crippen LogP contribution in [0.2, 0.25) is 5.02 Å². The molecule has 102 valence electrons. The lowest BCUT2D eigenvalue weighted by Gasteiger charge is -2.10. The van der Waals surface area contributed by atoms with Crippen molar-refractivity contribution in [3.05, 3.63) is 63.9 Å². The molecule has 3 nitrogen and oxygen atoms in total. The SMILES string of the molecule is N#Cc1cccc(COc2ccc(CN)cc2Cl)c1F. The van der Waals surface area contributed by atoms with Crippen LogP contribution in [0.4, 0.5) is 4.39 Å². The first-order chi connectivity index (χ1) is 9.65. The van der Waals surface area contributed by atoms with Gasteiger partial charge in [0.25, 0.3) is 0 Å². The van der Waals surface area contributed by atoms with Crippen LogP contribution in [-0.4, -0.2) is 0 Å². The zero-order valence-electron chi connectivity index (χ0n) is 10.6. The molecule has 2 aromatic rings. The van der Waals surface area contributed by atoms with Crippen LogP contribution in [-0.2, 0) is 13.2 Å². The molecule has 0 saturated heterocycles. The normalized spacial score (nSPS) is 10.1. The van der Waals surface area contributed by atoms with Gasteiger partial charge in [-0.25, -0.2) is 4.39 Å². The smallest absolute Gasteiger partial charge is 0.147 e. The highest BCUT2D eigenvalue weighted by molar-refractivity contribution is 6.32. The molecule has 0 spiro atoms. The number of nitrogens with two attached hydrogens (primary N) is 1. The van der Waals surface area contributed by atoms with Gasteiger partial charge < -0.3 is 10.5 Å². The number of benzene rings is 2. The van der Waals surface area contributed by atoms with Crippen LogP contribution < -0.4 is 10.5 Å². The largest absolute Gasteiger partial charge is 0.487 e. The van der Waals surface area contributed by atoms with Crippen molar-refractivity contribution in [3.63, 3.8) is 0 Å².